The molecule has 0 atom stereocenters. The Morgan fingerprint density at radius 3 is 1.79 bits per heavy atom. The Kier molecular flexibility index (Phi) is 1.61. The van der Waals surface area contributed by atoms with Crippen molar-refractivity contribution in [2.75, 3.05) is 0 Å². The molecule has 0 unspecified atom stereocenters. The number of rotatable bonds is 0. The van der Waals surface area contributed by atoms with Crippen LogP contribution in [0.5, 0.6) is 0 Å². The first-order valence-corrected chi connectivity index (χ1v) is 6.25. The number of hydrogen-bond donors (Lipinski definition) is 0. The highest BCUT2D eigenvalue weighted by atomic mass is 32.1. The van der Waals surface area contributed by atoms with Gasteiger partial charge in [0.25, 0.3) is 0 Å². The topological polar surface area (TPSA) is 25.8 Å². The lowest BCUT2D eigenvalue weighted by Crippen LogP contribution is -1.92. The molecular weight excluding hydrogens is 212 g/mol. The van der Waals surface area contributed by atoms with Gasteiger partial charge in [-0.25, -0.2) is 9.97 Å². The van der Waals surface area contributed by atoms with Crippen LogP contribution in [0.25, 0.3) is 9.75 Å². The second kappa shape index (κ2) is 2.64. The third kappa shape index (κ3) is 0.953. The summed E-state index contributed by atoms with van der Waals surface area (Å²) in [6.45, 7) is 6.34. The third-order valence-electron chi connectivity index (χ3n) is 2.55. The van der Waals surface area contributed by atoms with Crippen molar-refractivity contribution in [3.63, 3.8) is 0 Å². The molecule has 72 valence electrons. The molecule has 0 N–H and O–H groups in total. The molecule has 0 aromatic carbocycles. The van der Waals surface area contributed by atoms with E-state index in [2.05, 4.69) is 30.7 Å². The van der Waals surface area contributed by atoms with E-state index >= 15 is 0 Å². The van der Waals surface area contributed by atoms with E-state index in [1.165, 1.54) is 31.2 Å². The molecule has 0 bridgehead atoms. The van der Waals surface area contributed by atoms with Crippen molar-refractivity contribution in [1.82, 2.24) is 9.97 Å². The van der Waals surface area contributed by atoms with Gasteiger partial charge in [0.15, 0.2) is 0 Å². The SMILES string of the molecule is Cc1nc2c(s1)-c1sc(C)nc1C2C. The van der Waals surface area contributed by atoms with Crippen LogP contribution in [0.4, 0.5) is 0 Å². The molecule has 0 spiro atoms. The van der Waals surface area contributed by atoms with E-state index < -0.39 is 0 Å². The van der Waals surface area contributed by atoms with E-state index in [0.717, 1.165) is 0 Å². The molecule has 2 nitrogen and oxygen atoms in total. The van der Waals surface area contributed by atoms with Crippen LogP contribution >= 0.6 is 22.7 Å². The van der Waals surface area contributed by atoms with Crippen LogP contribution in [0.2, 0.25) is 0 Å². The average Bonchev–Trinajstić information content (AvgIpc) is 2.71. The van der Waals surface area contributed by atoms with Crippen molar-refractivity contribution in [2.45, 2.75) is 26.7 Å². The molecule has 2 heterocycles. The predicted octanol–water partition coefficient (Wildman–Crippen LogP) is 3.35. The fraction of sp³-hybridized carbons (Fsp3) is 0.400. The summed E-state index contributed by atoms with van der Waals surface area (Å²) in [6.07, 6.45) is 0. The van der Waals surface area contributed by atoms with Crippen LogP contribution < -0.4 is 0 Å². The van der Waals surface area contributed by atoms with Gasteiger partial charge in [0.05, 0.1) is 31.2 Å². The maximum Gasteiger partial charge on any atom is 0.0904 e. The summed E-state index contributed by atoms with van der Waals surface area (Å²) in [7, 11) is 0. The second-order valence-electron chi connectivity index (χ2n) is 3.62. The van der Waals surface area contributed by atoms with Gasteiger partial charge < -0.3 is 0 Å². The summed E-state index contributed by atoms with van der Waals surface area (Å²) in [5.74, 6) is 0.398. The maximum absolute atomic E-state index is 4.57. The normalized spacial score (nSPS) is 14.5. The molecule has 1 aliphatic rings. The first-order valence-electron chi connectivity index (χ1n) is 4.62. The minimum Gasteiger partial charge on any atom is -0.245 e. The van der Waals surface area contributed by atoms with Gasteiger partial charge in [-0.15, -0.1) is 22.7 Å². The minimum atomic E-state index is 0.398. The lowest BCUT2D eigenvalue weighted by molar-refractivity contribution is 0.868. The molecule has 14 heavy (non-hydrogen) atoms. The van der Waals surface area contributed by atoms with Crippen LogP contribution in [0.1, 0.15) is 34.2 Å². The molecule has 0 saturated carbocycles. The largest absolute Gasteiger partial charge is 0.245 e. The monoisotopic (exact) mass is 222 g/mol. The highest BCUT2D eigenvalue weighted by Gasteiger charge is 2.32. The van der Waals surface area contributed by atoms with E-state index in [1.807, 2.05) is 0 Å². The molecule has 2 aromatic rings. The fourth-order valence-corrected chi connectivity index (χ4v) is 4.11. The van der Waals surface area contributed by atoms with Crippen LogP contribution in [0, 0.1) is 13.8 Å². The number of nitrogens with zero attached hydrogens (tertiary/aromatic N) is 2. The highest BCUT2D eigenvalue weighted by Crippen LogP contribution is 2.49. The third-order valence-corrected chi connectivity index (χ3v) is 4.68. The summed E-state index contributed by atoms with van der Waals surface area (Å²) in [6, 6.07) is 0. The molecule has 0 amide bonds. The van der Waals surface area contributed by atoms with Gasteiger partial charge in [0.2, 0.25) is 0 Å². The Balaban J connectivity index is 2.32. The molecule has 0 radical (unpaired) electrons. The predicted molar refractivity (Wildman–Crippen MR) is 60.2 cm³/mol. The van der Waals surface area contributed by atoms with E-state index in [1.54, 1.807) is 22.7 Å². The number of aryl methyl sites for hydroxylation is 2. The minimum absolute atomic E-state index is 0.398. The smallest absolute Gasteiger partial charge is 0.0904 e. The molecule has 0 saturated heterocycles. The van der Waals surface area contributed by atoms with Gasteiger partial charge in [-0.3, -0.25) is 0 Å². The lowest BCUT2D eigenvalue weighted by Gasteiger charge is -1.98. The van der Waals surface area contributed by atoms with Crippen molar-refractivity contribution in [3.05, 3.63) is 21.4 Å². The summed E-state index contributed by atoms with van der Waals surface area (Å²) in [5.41, 5.74) is 2.47. The second-order valence-corrected chi connectivity index (χ2v) is 6.02. The Morgan fingerprint density at radius 1 is 0.929 bits per heavy atom. The zero-order chi connectivity index (χ0) is 9.87. The summed E-state index contributed by atoms with van der Waals surface area (Å²) in [4.78, 5) is 11.9. The van der Waals surface area contributed by atoms with Crippen molar-refractivity contribution < 1.29 is 0 Å². The van der Waals surface area contributed by atoms with Gasteiger partial charge >= 0.3 is 0 Å². The van der Waals surface area contributed by atoms with Gasteiger partial charge in [0, 0.05) is 5.92 Å². The van der Waals surface area contributed by atoms with Crippen molar-refractivity contribution in [1.29, 1.82) is 0 Å². The summed E-state index contributed by atoms with van der Waals surface area (Å²) in [5, 5.41) is 2.33. The van der Waals surface area contributed by atoms with E-state index in [0.29, 0.717) is 5.92 Å². The van der Waals surface area contributed by atoms with Gasteiger partial charge in [-0.1, -0.05) is 6.92 Å². The van der Waals surface area contributed by atoms with Crippen molar-refractivity contribution >= 4 is 22.7 Å². The standard InChI is InChI=1S/C10H10N2S2/c1-4-7-9(13-5(2)11-7)10-8(4)12-6(3)14-10/h4H,1-3H3. The molecule has 4 heteroatoms. The van der Waals surface area contributed by atoms with E-state index in [4.69, 9.17) is 0 Å². The van der Waals surface area contributed by atoms with Crippen LogP contribution in [-0.2, 0) is 0 Å². The first-order chi connectivity index (χ1) is 6.66. The molecule has 0 aliphatic heterocycles. The van der Waals surface area contributed by atoms with Gasteiger partial charge in [0.1, 0.15) is 0 Å². The Hall–Kier alpha value is -0.740. The zero-order valence-electron chi connectivity index (χ0n) is 8.29. The fourth-order valence-electron chi connectivity index (χ4n) is 1.93. The Labute approximate surface area is 90.7 Å². The zero-order valence-corrected chi connectivity index (χ0v) is 9.92. The molecule has 1 aliphatic carbocycles. The summed E-state index contributed by atoms with van der Waals surface area (Å²) >= 11 is 3.59. The molecule has 0 fully saturated rings. The number of fused-ring (bicyclic) bond motifs is 3. The van der Waals surface area contributed by atoms with Gasteiger partial charge in [-0.05, 0) is 13.8 Å². The maximum atomic E-state index is 4.57. The van der Waals surface area contributed by atoms with Gasteiger partial charge in [-0.2, -0.15) is 0 Å². The van der Waals surface area contributed by atoms with Crippen molar-refractivity contribution in [2.24, 2.45) is 0 Å². The number of hydrogen-bond acceptors (Lipinski definition) is 4. The van der Waals surface area contributed by atoms with E-state index in [-0.39, 0.29) is 0 Å². The average molecular weight is 222 g/mol. The van der Waals surface area contributed by atoms with E-state index in [9.17, 15) is 0 Å². The first kappa shape index (κ1) is 8.56. The molecular formula is C10H10N2S2. The summed E-state index contributed by atoms with van der Waals surface area (Å²) < 4.78 is 0. The Morgan fingerprint density at radius 2 is 1.36 bits per heavy atom. The highest BCUT2D eigenvalue weighted by molar-refractivity contribution is 7.22. The number of aromatic nitrogens is 2. The van der Waals surface area contributed by atoms with Crippen LogP contribution in [-0.4, -0.2) is 9.97 Å². The molecule has 3 rings (SSSR count). The van der Waals surface area contributed by atoms with Crippen LogP contribution in [0.3, 0.4) is 0 Å². The van der Waals surface area contributed by atoms with Crippen LogP contribution in [0.15, 0.2) is 0 Å². The van der Waals surface area contributed by atoms with Crippen molar-refractivity contribution in [3.8, 4) is 9.75 Å². The lowest BCUT2D eigenvalue weighted by atomic mass is 10.1. The Bertz CT molecular complexity index is 464. The number of thiazole rings is 2. The molecule has 2 aromatic heterocycles. The quantitative estimate of drug-likeness (QED) is 0.683.